The number of carbonyl (C=O) groups is 1. The average Bonchev–Trinajstić information content (AvgIpc) is 2.27. The smallest absolute Gasteiger partial charge is 0.416 e. The van der Waals surface area contributed by atoms with Crippen LogP contribution in [0.15, 0.2) is 18.2 Å². The number of carbonyl (C=O) groups excluding carboxylic acids is 1. The second-order valence-corrected chi connectivity index (χ2v) is 3.62. The first-order valence-electron chi connectivity index (χ1n) is 5.25. The lowest BCUT2D eigenvalue weighted by Crippen LogP contribution is -2.11. The molecule has 0 unspecified atom stereocenters. The maximum Gasteiger partial charge on any atom is 0.416 e. The van der Waals surface area contributed by atoms with Gasteiger partial charge in [-0.1, -0.05) is 0 Å². The number of nitro groups is 1. The molecule has 1 rings (SSSR count). The summed E-state index contributed by atoms with van der Waals surface area (Å²) in [7, 11) is 0. The minimum atomic E-state index is -4.71. The van der Waals surface area contributed by atoms with Crippen LogP contribution in [0.5, 0.6) is 0 Å². The topological polar surface area (TPSA) is 69.4 Å². The van der Waals surface area contributed by atoms with Gasteiger partial charge in [0.25, 0.3) is 5.69 Å². The third kappa shape index (κ3) is 4.23. The second-order valence-electron chi connectivity index (χ2n) is 3.62. The molecule has 0 aliphatic carbocycles. The lowest BCUT2D eigenvalue weighted by molar-refractivity contribution is -0.385. The number of rotatable bonds is 4. The number of halogens is 3. The quantitative estimate of drug-likeness (QED) is 0.482. The number of non-ortho nitro benzene ring substituents is 1. The fourth-order valence-corrected chi connectivity index (χ4v) is 1.42. The van der Waals surface area contributed by atoms with E-state index in [1.807, 2.05) is 0 Å². The summed E-state index contributed by atoms with van der Waals surface area (Å²) < 4.78 is 42.3. The number of nitrogens with zero attached hydrogens (tertiary/aromatic N) is 1. The normalized spacial score (nSPS) is 11.2. The van der Waals surface area contributed by atoms with Gasteiger partial charge in [0.1, 0.15) is 0 Å². The average molecular weight is 277 g/mol. The molecule has 0 N–H and O–H groups in total. The number of benzene rings is 1. The molecule has 0 atom stereocenters. The molecule has 0 radical (unpaired) electrons. The first-order chi connectivity index (χ1) is 8.74. The molecule has 5 nitrogen and oxygen atoms in total. The van der Waals surface area contributed by atoms with Crippen LogP contribution in [-0.2, 0) is 22.1 Å². The molecule has 1 aromatic rings. The zero-order chi connectivity index (χ0) is 14.6. The third-order valence-electron chi connectivity index (χ3n) is 2.17. The molecule has 0 heterocycles. The van der Waals surface area contributed by atoms with Crippen LogP contribution in [-0.4, -0.2) is 17.5 Å². The third-order valence-corrected chi connectivity index (χ3v) is 2.17. The highest BCUT2D eigenvalue weighted by Crippen LogP contribution is 2.32. The van der Waals surface area contributed by atoms with Crippen LogP contribution in [0.2, 0.25) is 0 Å². The molecule has 19 heavy (non-hydrogen) atoms. The molecule has 1 aromatic carbocycles. The number of hydrogen-bond donors (Lipinski definition) is 0. The molecule has 0 spiro atoms. The van der Waals surface area contributed by atoms with Gasteiger partial charge >= 0.3 is 12.1 Å². The molecule has 0 fully saturated rings. The summed E-state index contributed by atoms with van der Waals surface area (Å²) in [6, 6.07) is 2.05. The van der Waals surface area contributed by atoms with Crippen LogP contribution in [0.4, 0.5) is 18.9 Å². The minimum absolute atomic E-state index is 0.0832. The summed E-state index contributed by atoms with van der Waals surface area (Å²) in [6.45, 7) is 1.63. The molecular formula is C11H10F3NO4. The van der Waals surface area contributed by atoms with E-state index in [9.17, 15) is 28.1 Å². The first kappa shape index (κ1) is 14.9. The number of esters is 1. The van der Waals surface area contributed by atoms with E-state index >= 15 is 0 Å². The van der Waals surface area contributed by atoms with Crippen molar-refractivity contribution in [1.29, 1.82) is 0 Å². The summed E-state index contributed by atoms with van der Waals surface area (Å²) in [5, 5.41) is 10.6. The molecular weight excluding hydrogens is 267 g/mol. The van der Waals surface area contributed by atoms with E-state index in [2.05, 4.69) is 4.74 Å². The molecule has 0 aromatic heterocycles. The Balaban J connectivity index is 3.14. The van der Waals surface area contributed by atoms with E-state index in [0.717, 1.165) is 6.07 Å². The number of alkyl halides is 3. The van der Waals surface area contributed by atoms with Gasteiger partial charge in [0.2, 0.25) is 0 Å². The van der Waals surface area contributed by atoms with Crippen LogP contribution in [0.3, 0.4) is 0 Å². The van der Waals surface area contributed by atoms with Gasteiger partial charge in [-0.15, -0.1) is 0 Å². The Morgan fingerprint density at radius 2 is 2.00 bits per heavy atom. The zero-order valence-corrected chi connectivity index (χ0v) is 9.86. The van der Waals surface area contributed by atoms with Gasteiger partial charge in [0.15, 0.2) is 0 Å². The largest absolute Gasteiger partial charge is 0.466 e. The first-order valence-corrected chi connectivity index (χ1v) is 5.25. The Bertz CT molecular complexity index is 499. The Morgan fingerprint density at radius 1 is 1.37 bits per heavy atom. The fourth-order valence-electron chi connectivity index (χ4n) is 1.42. The SMILES string of the molecule is CCOC(=O)Cc1cc([N+](=O)[O-])cc(C(F)(F)F)c1. The molecule has 0 bridgehead atoms. The van der Waals surface area contributed by atoms with Crippen LogP contribution in [0, 0.1) is 10.1 Å². The van der Waals surface area contributed by atoms with E-state index in [1.54, 1.807) is 6.92 Å². The van der Waals surface area contributed by atoms with E-state index in [0.29, 0.717) is 12.1 Å². The molecule has 0 saturated heterocycles. The standard InChI is InChI=1S/C11H10F3NO4/c1-2-19-10(16)5-7-3-8(11(12,13)14)6-9(4-7)15(17)18/h3-4,6H,2,5H2,1H3. The Morgan fingerprint density at radius 3 is 2.47 bits per heavy atom. The number of nitro benzene ring substituents is 1. The summed E-state index contributed by atoms with van der Waals surface area (Å²) in [4.78, 5) is 20.8. The van der Waals surface area contributed by atoms with E-state index in [-0.39, 0.29) is 12.2 Å². The van der Waals surface area contributed by atoms with Crippen molar-refractivity contribution in [2.75, 3.05) is 6.61 Å². The van der Waals surface area contributed by atoms with Gasteiger partial charge in [-0.05, 0) is 18.6 Å². The van der Waals surface area contributed by atoms with Crippen molar-refractivity contribution in [3.8, 4) is 0 Å². The second kappa shape index (κ2) is 5.68. The summed E-state index contributed by atoms with van der Waals surface area (Å²) in [5.41, 5.74) is -1.99. The zero-order valence-electron chi connectivity index (χ0n) is 9.86. The fraction of sp³-hybridized carbons (Fsp3) is 0.364. The van der Waals surface area contributed by atoms with Gasteiger partial charge in [-0.2, -0.15) is 13.2 Å². The highest BCUT2D eigenvalue weighted by Gasteiger charge is 2.32. The predicted molar refractivity (Wildman–Crippen MR) is 58.4 cm³/mol. The van der Waals surface area contributed by atoms with E-state index < -0.39 is 34.7 Å². The lowest BCUT2D eigenvalue weighted by atomic mass is 10.1. The van der Waals surface area contributed by atoms with Gasteiger partial charge < -0.3 is 4.74 Å². The van der Waals surface area contributed by atoms with Crippen molar-refractivity contribution < 1.29 is 27.6 Å². The van der Waals surface area contributed by atoms with Crippen LogP contribution >= 0.6 is 0 Å². The Labute approximate surface area is 106 Å². The Hall–Kier alpha value is -2.12. The van der Waals surface area contributed by atoms with Crippen molar-refractivity contribution >= 4 is 11.7 Å². The summed E-state index contributed by atoms with van der Waals surface area (Å²) >= 11 is 0. The molecule has 0 saturated carbocycles. The highest BCUT2D eigenvalue weighted by molar-refractivity contribution is 5.73. The predicted octanol–water partition coefficient (Wildman–Crippen LogP) is 2.72. The van der Waals surface area contributed by atoms with Gasteiger partial charge in [0.05, 0.1) is 23.5 Å². The van der Waals surface area contributed by atoms with Gasteiger partial charge in [-0.3, -0.25) is 14.9 Å². The molecule has 0 aliphatic heterocycles. The van der Waals surface area contributed by atoms with Crippen LogP contribution in [0.1, 0.15) is 18.1 Å². The molecule has 0 amide bonds. The molecule has 104 valence electrons. The monoisotopic (exact) mass is 277 g/mol. The highest BCUT2D eigenvalue weighted by atomic mass is 19.4. The molecule has 0 aliphatic rings. The number of ether oxygens (including phenoxy) is 1. The van der Waals surface area contributed by atoms with Crippen LogP contribution < -0.4 is 0 Å². The van der Waals surface area contributed by atoms with Gasteiger partial charge in [-0.25, -0.2) is 0 Å². The molecule has 8 heteroatoms. The maximum atomic E-state index is 12.6. The van der Waals surface area contributed by atoms with Crippen molar-refractivity contribution in [3.63, 3.8) is 0 Å². The lowest BCUT2D eigenvalue weighted by Gasteiger charge is -2.09. The van der Waals surface area contributed by atoms with Crippen molar-refractivity contribution in [3.05, 3.63) is 39.4 Å². The summed E-state index contributed by atoms with van der Waals surface area (Å²) in [6.07, 6.45) is -5.16. The Kier molecular flexibility index (Phi) is 4.47. The number of hydrogen-bond acceptors (Lipinski definition) is 4. The van der Waals surface area contributed by atoms with Crippen molar-refractivity contribution in [2.45, 2.75) is 19.5 Å². The van der Waals surface area contributed by atoms with Crippen LogP contribution in [0.25, 0.3) is 0 Å². The van der Waals surface area contributed by atoms with E-state index in [1.165, 1.54) is 0 Å². The van der Waals surface area contributed by atoms with Gasteiger partial charge in [0, 0.05) is 12.1 Å². The summed E-state index contributed by atoms with van der Waals surface area (Å²) in [5.74, 6) is -0.740. The maximum absolute atomic E-state index is 12.6. The van der Waals surface area contributed by atoms with Crippen molar-refractivity contribution in [2.24, 2.45) is 0 Å². The van der Waals surface area contributed by atoms with Crippen molar-refractivity contribution in [1.82, 2.24) is 0 Å². The van der Waals surface area contributed by atoms with E-state index in [4.69, 9.17) is 0 Å². The minimum Gasteiger partial charge on any atom is -0.466 e.